The van der Waals surface area contributed by atoms with Crippen molar-refractivity contribution in [3.63, 3.8) is 0 Å². The summed E-state index contributed by atoms with van der Waals surface area (Å²) in [5, 5.41) is 2.77. The molecule has 0 aromatic carbocycles. The molecule has 0 amide bonds. The molecule has 76 valence electrons. The van der Waals surface area contributed by atoms with Crippen LogP contribution in [0.1, 0.15) is 6.92 Å². The second-order valence-electron chi connectivity index (χ2n) is 3.09. The summed E-state index contributed by atoms with van der Waals surface area (Å²) >= 11 is 0. The summed E-state index contributed by atoms with van der Waals surface area (Å²) in [4.78, 5) is 11.4. The molecule has 0 saturated carbocycles. The maximum atomic E-state index is 11.4. The van der Waals surface area contributed by atoms with Crippen LogP contribution in [0, 0.1) is 0 Å². The first-order chi connectivity index (χ1) is 5.94. The van der Waals surface area contributed by atoms with Crippen LogP contribution in [0.4, 0.5) is 0 Å². The van der Waals surface area contributed by atoms with Gasteiger partial charge in [0.15, 0.2) is 14.6 Å². The average Bonchev–Trinajstić information content (AvgIpc) is 1.80. The van der Waals surface area contributed by atoms with Crippen molar-refractivity contribution >= 4 is 15.8 Å². The van der Waals surface area contributed by atoms with Crippen molar-refractivity contribution in [1.29, 1.82) is 0 Å². The molecule has 0 unspecified atom stereocenters. The molecule has 0 spiro atoms. The molecular formula is C7H13NO4S. The van der Waals surface area contributed by atoms with Gasteiger partial charge in [-0.15, -0.1) is 0 Å². The van der Waals surface area contributed by atoms with Gasteiger partial charge in [-0.2, -0.15) is 0 Å². The van der Waals surface area contributed by atoms with Gasteiger partial charge in [-0.05, 0) is 6.92 Å². The molecule has 0 bridgehead atoms. The molecular weight excluding hydrogens is 194 g/mol. The Balaban J connectivity index is 2.89. The maximum Gasteiger partial charge on any atom is 0.330 e. The Morgan fingerprint density at radius 3 is 2.31 bits per heavy atom. The summed E-state index contributed by atoms with van der Waals surface area (Å²) in [7, 11) is -3.39. The van der Waals surface area contributed by atoms with Crippen LogP contribution in [0.25, 0.3) is 0 Å². The highest BCUT2D eigenvalue weighted by Gasteiger charge is 2.54. The van der Waals surface area contributed by atoms with Crippen molar-refractivity contribution in [1.82, 2.24) is 5.32 Å². The van der Waals surface area contributed by atoms with Crippen LogP contribution in [0.5, 0.6) is 0 Å². The molecule has 1 fully saturated rings. The summed E-state index contributed by atoms with van der Waals surface area (Å²) in [6.07, 6.45) is 1.06. The number of sulfone groups is 1. The zero-order valence-electron chi connectivity index (χ0n) is 7.66. The third kappa shape index (κ3) is 1.55. The fraction of sp³-hybridized carbons (Fsp3) is 0.857. The van der Waals surface area contributed by atoms with Crippen molar-refractivity contribution in [2.45, 2.75) is 11.7 Å². The van der Waals surface area contributed by atoms with Crippen molar-refractivity contribution < 1.29 is 17.9 Å². The third-order valence-electron chi connectivity index (χ3n) is 2.18. The van der Waals surface area contributed by atoms with Gasteiger partial charge in [0.1, 0.15) is 0 Å². The first-order valence-electron chi connectivity index (χ1n) is 4.01. The minimum atomic E-state index is -3.39. The van der Waals surface area contributed by atoms with Crippen molar-refractivity contribution in [3.05, 3.63) is 0 Å². The predicted octanol–water partition coefficient (Wildman–Crippen LogP) is -1.06. The van der Waals surface area contributed by atoms with Gasteiger partial charge in [-0.25, -0.2) is 8.42 Å². The van der Waals surface area contributed by atoms with E-state index in [1.807, 2.05) is 0 Å². The van der Waals surface area contributed by atoms with E-state index >= 15 is 0 Å². The van der Waals surface area contributed by atoms with Crippen LogP contribution in [0.2, 0.25) is 0 Å². The molecule has 1 rings (SSSR count). The van der Waals surface area contributed by atoms with Crippen LogP contribution in [-0.2, 0) is 19.4 Å². The van der Waals surface area contributed by atoms with E-state index < -0.39 is 20.6 Å². The van der Waals surface area contributed by atoms with E-state index in [9.17, 15) is 13.2 Å². The molecule has 1 aliphatic heterocycles. The lowest BCUT2D eigenvalue weighted by atomic mass is 10.0. The summed E-state index contributed by atoms with van der Waals surface area (Å²) in [5.41, 5.74) is 0. The van der Waals surface area contributed by atoms with E-state index in [1.54, 1.807) is 6.92 Å². The Labute approximate surface area is 77.4 Å². The number of rotatable bonds is 3. The van der Waals surface area contributed by atoms with Crippen LogP contribution >= 0.6 is 0 Å². The van der Waals surface area contributed by atoms with Gasteiger partial charge in [0.2, 0.25) is 0 Å². The molecule has 0 aromatic rings. The first-order valence-corrected chi connectivity index (χ1v) is 5.91. The molecule has 0 aliphatic carbocycles. The SMILES string of the molecule is CCOC(=O)C1(S(C)(=O)=O)CNC1. The maximum absolute atomic E-state index is 11.4. The Kier molecular flexibility index (Phi) is 2.63. The summed E-state index contributed by atoms with van der Waals surface area (Å²) in [6, 6.07) is 0. The second-order valence-corrected chi connectivity index (χ2v) is 5.42. The molecule has 1 aliphatic rings. The topological polar surface area (TPSA) is 72.5 Å². The number of carbonyl (C=O) groups excluding carboxylic acids is 1. The lowest BCUT2D eigenvalue weighted by molar-refractivity contribution is -0.147. The van der Waals surface area contributed by atoms with Gasteiger partial charge in [0, 0.05) is 19.3 Å². The molecule has 0 aromatic heterocycles. The molecule has 6 heteroatoms. The number of hydrogen-bond acceptors (Lipinski definition) is 5. The largest absolute Gasteiger partial charge is 0.465 e. The fourth-order valence-corrected chi connectivity index (χ4v) is 2.26. The number of hydrogen-bond donors (Lipinski definition) is 1. The lowest BCUT2D eigenvalue weighted by Crippen LogP contribution is -2.68. The Hall–Kier alpha value is -0.620. The molecule has 1 N–H and O–H groups in total. The lowest BCUT2D eigenvalue weighted by Gasteiger charge is -2.37. The predicted molar refractivity (Wildman–Crippen MR) is 47.1 cm³/mol. The summed E-state index contributed by atoms with van der Waals surface area (Å²) in [5.74, 6) is -0.642. The van der Waals surface area contributed by atoms with Gasteiger partial charge in [0.25, 0.3) is 0 Å². The third-order valence-corrected chi connectivity index (χ3v) is 4.05. The van der Waals surface area contributed by atoms with E-state index in [1.165, 1.54) is 0 Å². The highest BCUT2D eigenvalue weighted by atomic mass is 32.2. The van der Waals surface area contributed by atoms with E-state index in [0.29, 0.717) is 0 Å². The van der Waals surface area contributed by atoms with Crippen molar-refractivity contribution in [3.8, 4) is 0 Å². The summed E-state index contributed by atoms with van der Waals surface area (Å²) < 4.78 is 26.0. The second kappa shape index (κ2) is 3.26. The van der Waals surface area contributed by atoms with E-state index in [4.69, 9.17) is 4.74 Å². The summed E-state index contributed by atoms with van der Waals surface area (Å²) in [6.45, 7) is 2.17. The Bertz CT molecular complexity index is 304. The monoisotopic (exact) mass is 207 g/mol. The minimum absolute atomic E-state index is 0.157. The smallest absolute Gasteiger partial charge is 0.330 e. The quantitative estimate of drug-likeness (QED) is 0.597. The van der Waals surface area contributed by atoms with Crippen molar-refractivity contribution in [2.75, 3.05) is 26.0 Å². The van der Waals surface area contributed by atoms with Gasteiger partial charge >= 0.3 is 5.97 Å². The molecule has 0 radical (unpaired) electrons. The van der Waals surface area contributed by atoms with Gasteiger partial charge in [-0.3, -0.25) is 4.79 Å². The molecule has 13 heavy (non-hydrogen) atoms. The van der Waals surface area contributed by atoms with Crippen LogP contribution in [-0.4, -0.2) is 45.1 Å². The van der Waals surface area contributed by atoms with Crippen LogP contribution < -0.4 is 5.32 Å². The highest BCUT2D eigenvalue weighted by molar-refractivity contribution is 7.93. The van der Waals surface area contributed by atoms with E-state index in [0.717, 1.165) is 6.26 Å². The van der Waals surface area contributed by atoms with Gasteiger partial charge < -0.3 is 10.1 Å². The van der Waals surface area contributed by atoms with Gasteiger partial charge in [0.05, 0.1) is 6.61 Å². The zero-order valence-corrected chi connectivity index (χ0v) is 8.48. The van der Waals surface area contributed by atoms with Crippen molar-refractivity contribution in [2.24, 2.45) is 0 Å². The normalized spacial score (nSPS) is 20.5. The van der Waals surface area contributed by atoms with Gasteiger partial charge in [-0.1, -0.05) is 0 Å². The van der Waals surface area contributed by atoms with E-state index in [-0.39, 0.29) is 19.7 Å². The van der Waals surface area contributed by atoms with E-state index in [2.05, 4.69) is 5.32 Å². The number of nitrogens with one attached hydrogen (secondary N) is 1. The first kappa shape index (κ1) is 10.5. The number of esters is 1. The Morgan fingerprint density at radius 2 is 2.08 bits per heavy atom. The molecule has 5 nitrogen and oxygen atoms in total. The molecule has 0 atom stereocenters. The fourth-order valence-electron chi connectivity index (χ4n) is 1.17. The number of ether oxygens (including phenoxy) is 1. The minimum Gasteiger partial charge on any atom is -0.465 e. The molecule has 1 heterocycles. The number of carbonyl (C=O) groups is 1. The average molecular weight is 207 g/mol. The van der Waals surface area contributed by atoms with Crippen LogP contribution in [0.3, 0.4) is 0 Å². The standard InChI is InChI=1S/C7H13NO4S/c1-3-12-6(9)7(4-8-5-7)13(2,10)11/h8H,3-5H2,1-2H3. The van der Waals surface area contributed by atoms with Crippen LogP contribution in [0.15, 0.2) is 0 Å². The Morgan fingerprint density at radius 1 is 1.54 bits per heavy atom. The highest BCUT2D eigenvalue weighted by Crippen LogP contribution is 2.23. The molecule has 1 saturated heterocycles. The zero-order chi connectivity index (χ0) is 10.1.